The van der Waals surface area contributed by atoms with E-state index in [1.165, 1.54) is 23.1 Å². The number of aromatic nitrogens is 2. The number of benzene rings is 1. The Morgan fingerprint density at radius 1 is 1.25 bits per heavy atom. The van der Waals surface area contributed by atoms with Gasteiger partial charge in [0.15, 0.2) is 5.16 Å². The largest absolute Gasteiger partial charge is 0.365 e. The van der Waals surface area contributed by atoms with Crippen molar-refractivity contribution in [2.45, 2.75) is 57.1 Å². The fourth-order valence-electron chi connectivity index (χ4n) is 3.98. The third kappa shape index (κ3) is 4.59. The number of hydrogen-bond acceptors (Lipinski definition) is 6. The predicted molar refractivity (Wildman–Crippen MR) is 130 cm³/mol. The molecule has 2 amide bonds. The summed E-state index contributed by atoms with van der Waals surface area (Å²) in [5, 5.41) is 4.51. The number of carbonyl (C=O) groups is 2. The lowest BCUT2D eigenvalue weighted by molar-refractivity contribution is -0.113. The number of anilines is 1. The van der Waals surface area contributed by atoms with Gasteiger partial charge in [-0.1, -0.05) is 37.2 Å². The van der Waals surface area contributed by atoms with Crippen molar-refractivity contribution >= 4 is 50.8 Å². The molecule has 3 aromatic rings. The van der Waals surface area contributed by atoms with Crippen LogP contribution < -0.4 is 16.6 Å². The lowest BCUT2D eigenvalue weighted by Crippen LogP contribution is -2.24. The number of hydrogen-bond donors (Lipinski definition) is 2. The molecule has 4 rings (SSSR count). The molecule has 0 radical (unpaired) electrons. The molecule has 32 heavy (non-hydrogen) atoms. The predicted octanol–water partition coefficient (Wildman–Crippen LogP) is 3.97. The fraction of sp³-hybridized carbons (Fsp3) is 0.391. The second-order valence-electron chi connectivity index (χ2n) is 7.84. The number of nitrogens with one attached hydrogen (secondary N) is 1. The summed E-state index contributed by atoms with van der Waals surface area (Å²) in [6, 6.07) is 7.25. The molecule has 1 aliphatic carbocycles. The quantitative estimate of drug-likeness (QED) is 0.383. The van der Waals surface area contributed by atoms with Gasteiger partial charge in [0.1, 0.15) is 5.00 Å². The van der Waals surface area contributed by atoms with E-state index < -0.39 is 5.91 Å². The van der Waals surface area contributed by atoms with Gasteiger partial charge in [-0.2, -0.15) is 0 Å². The van der Waals surface area contributed by atoms with Crippen molar-refractivity contribution in [1.29, 1.82) is 0 Å². The van der Waals surface area contributed by atoms with Gasteiger partial charge < -0.3 is 11.1 Å². The normalized spacial score (nSPS) is 13.2. The van der Waals surface area contributed by atoms with Gasteiger partial charge in [0.05, 0.1) is 22.2 Å². The number of thiophene rings is 1. The number of fused-ring (bicyclic) bond motifs is 2. The zero-order chi connectivity index (χ0) is 22.7. The number of nitrogens with two attached hydrogens (primary N) is 1. The van der Waals surface area contributed by atoms with Crippen LogP contribution in [-0.2, 0) is 24.2 Å². The molecule has 9 heteroatoms. The minimum atomic E-state index is -0.503. The van der Waals surface area contributed by atoms with E-state index in [1.807, 2.05) is 12.1 Å². The molecule has 2 aromatic heterocycles. The number of nitrogens with zero attached hydrogens (tertiary/aromatic N) is 2. The van der Waals surface area contributed by atoms with Gasteiger partial charge in [-0.05, 0) is 49.8 Å². The van der Waals surface area contributed by atoms with Crippen molar-refractivity contribution < 1.29 is 9.59 Å². The highest BCUT2D eigenvalue weighted by molar-refractivity contribution is 7.99. The molecule has 0 unspecified atom stereocenters. The number of para-hydroxylation sites is 1. The average Bonchev–Trinajstić information content (AvgIpc) is 3.15. The minimum Gasteiger partial charge on any atom is -0.365 e. The van der Waals surface area contributed by atoms with E-state index in [9.17, 15) is 14.4 Å². The van der Waals surface area contributed by atoms with E-state index in [-0.39, 0.29) is 17.2 Å². The Balaban J connectivity index is 1.55. The van der Waals surface area contributed by atoms with Crippen LogP contribution in [0.1, 0.15) is 53.4 Å². The topological polar surface area (TPSA) is 107 Å². The van der Waals surface area contributed by atoms with Crippen molar-refractivity contribution in [3.63, 3.8) is 0 Å². The lowest BCUT2D eigenvalue weighted by Gasteiger charge is -2.13. The maximum Gasteiger partial charge on any atom is 0.262 e. The van der Waals surface area contributed by atoms with Crippen LogP contribution in [0.3, 0.4) is 0 Å². The van der Waals surface area contributed by atoms with E-state index in [4.69, 9.17) is 5.73 Å². The van der Waals surface area contributed by atoms with Crippen LogP contribution in [0, 0.1) is 0 Å². The SMILES string of the molecule is CCCCn1c(SCC(=O)Nc2sc3c(c2C(N)=O)CCCC3)nc2ccccc2c1=O. The molecule has 3 N–H and O–H groups in total. The van der Waals surface area contributed by atoms with Gasteiger partial charge >= 0.3 is 0 Å². The Morgan fingerprint density at radius 2 is 2.03 bits per heavy atom. The second kappa shape index (κ2) is 9.87. The first kappa shape index (κ1) is 22.5. The molecule has 0 fully saturated rings. The van der Waals surface area contributed by atoms with E-state index in [2.05, 4.69) is 17.2 Å². The van der Waals surface area contributed by atoms with Gasteiger partial charge in [0, 0.05) is 11.4 Å². The molecule has 0 spiro atoms. The number of amides is 2. The Hall–Kier alpha value is -2.65. The standard InChI is InChI=1S/C23H26N4O3S2/c1-2-3-12-27-22(30)14-8-4-6-10-16(14)25-23(27)31-13-18(28)26-21-19(20(24)29)15-9-5-7-11-17(15)32-21/h4,6,8,10H,2-3,5,7,9,11-13H2,1H3,(H2,24,29)(H,26,28). The summed E-state index contributed by atoms with van der Waals surface area (Å²) in [4.78, 5) is 43.6. The summed E-state index contributed by atoms with van der Waals surface area (Å²) in [5.74, 6) is -0.671. The van der Waals surface area contributed by atoms with Gasteiger partial charge in [0.25, 0.3) is 11.5 Å². The summed E-state index contributed by atoms with van der Waals surface area (Å²) in [6.07, 6.45) is 5.63. The summed E-state index contributed by atoms with van der Waals surface area (Å²) in [7, 11) is 0. The van der Waals surface area contributed by atoms with Crippen LogP contribution in [0.2, 0.25) is 0 Å². The van der Waals surface area contributed by atoms with Crippen molar-refractivity contribution in [2.24, 2.45) is 5.73 Å². The van der Waals surface area contributed by atoms with Crippen LogP contribution in [0.4, 0.5) is 5.00 Å². The van der Waals surface area contributed by atoms with E-state index in [1.54, 1.807) is 16.7 Å². The lowest BCUT2D eigenvalue weighted by atomic mass is 9.95. The number of thioether (sulfide) groups is 1. The smallest absolute Gasteiger partial charge is 0.262 e. The van der Waals surface area contributed by atoms with E-state index >= 15 is 0 Å². The molecule has 1 aliphatic rings. The van der Waals surface area contributed by atoms with Gasteiger partial charge in [-0.15, -0.1) is 11.3 Å². The van der Waals surface area contributed by atoms with Gasteiger partial charge in [-0.3, -0.25) is 19.0 Å². The van der Waals surface area contributed by atoms with E-state index in [0.29, 0.717) is 33.2 Å². The maximum absolute atomic E-state index is 13.0. The van der Waals surface area contributed by atoms with Crippen molar-refractivity contribution in [3.8, 4) is 0 Å². The molecular formula is C23H26N4O3S2. The summed E-state index contributed by atoms with van der Waals surface area (Å²) in [6.45, 7) is 2.62. The third-order valence-corrected chi connectivity index (χ3v) is 7.75. The molecule has 7 nitrogen and oxygen atoms in total. The summed E-state index contributed by atoms with van der Waals surface area (Å²) < 4.78 is 1.66. The van der Waals surface area contributed by atoms with Gasteiger partial charge in [0.2, 0.25) is 5.91 Å². The molecule has 0 saturated heterocycles. The molecule has 1 aromatic carbocycles. The van der Waals surface area contributed by atoms with Crippen LogP contribution in [-0.4, -0.2) is 27.1 Å². The number of unbranched alkanes of at least 4 members (excludes halogenated alkanes) is 1. The Morgan fingerprint density at radius 3 is 2.81 bits per heavy atom. The molecule has 168 valence electrons. The average molecular weight is 471 g/mol. The molecular weight excluding hydrogens is 444 g/mol. The summed E-state index contributed by atoms with van der Waals surface area (Å²) in [5.41, 5.74) is 7.59. The third-order valence-electron chi connectivity index (χ3n) is 5.56. The highest BCUT2D eigenvalue weighted by Gasteiger charge is 2.25. The van der Waals surface area contributed by atoms with Crippen LogP contribution in [0.15, 0.2) is 34.2 Å². The molecule has 0 aliphatic heterocycles. The molecule has 2 heterocycles. The first-order valence-electron chi connectivity index (χ1n) is 10.9. The van der Waals surface area contributed by atoms with Crippen LogP contribution in [0.25, 0.3) is 10.9 Å². The first-order chi connectivity index (χ1) is 15.5. The zero-order valence-corrected chi connectivity index (χ0v) is 19.6. The first-order valence-corrected chi connectivity index (χ1v) is 12.7. The van der Waals surface area contributed by atoms with E-state index in [0.717, 1.165) is 49.0 Å². The van der Waals surface area contributed by atoms with Crippen molar-refractivity contribution in [1.82, 2.24) is 9.55 Å². The number of primary amides is 1. The fourth-order valence-corrected chi connectivity index (χ4v) is 6.11. The highest BCUT2D eigenvalue weighted by atomic mass is 32.2. The zero-order valence-electron chi connectivity index (χ0n) is 18.0. The molecule has 0 atom stereocenters. The Labute approximate surface area is 194 Å². The van der Waals surface area contributed by atoms with Gasteiger partial charge in [-0.25, -0.2) is 4.98 Å². The van der Waals surface area contributed by atoms with Crippen LogP contribution in [0.5, 0.6) is 0 Å². The number of aryl methyl sites for hydroxylation is 1. The maximum atomic E-state index is 13.0. The van der Waals surface area contributed by atoms with Crippen molar-refractivity contribution in [3.05, 3.63) is 50.6 Å². The minimum absolute atomic E-state index is 0.0810. The number of rotatable bonds is 8. The molecule has 0 bridgehead atoms. The second-order valence-corrected chi connectivity index (χ2v) is 9.89. The Bertz CT molecular complexity index is 1230. The highest BCUT2D eigenvalue weighted by Crippen LogP contribution is 2.38. The Kier molecular flexibility index (Phi) is 6.95. The monoisotopic (exact) mass is 470 g/mol. The van der Waals surface area contributed by atoms with Crippen LogP contribution >= 0.6 is 23.1 Å². The number of carbonyl (C=O) groups excluding carboxylic acids is 2. The van der Waals surface area contributed by atoms with Crippen molar-refractivity contribution in [2.75, 3.05) is 11.1 Å². The molecule has 0 saturated carbocycles. The summed E-state index contributed by atoms with van der Waals surface area (Å²) >= 11 is 2.68.